The smallest absolute Gasteiger partial charge is 0.255 e. The van der Waals surface area contributed by atoms with Crippen LogP contribution >= 0.6 is 0 Å². The lowest BCUT2D eigenvalue weighted by atomic mass is 10.0. The van der Waals surface area contributed by atoms with E-state index in [1.807, 2.05) is 25.2 Å². The Kier molecular flexibility index (Phi) is 5.46. The molecule has 0 bridgehead atoms. The van der Waals surface area contributed by atoms with Gasteiger partial charge >= 0.3 is 0 Å². The monoisotopic (exact) mass is 333 g/mol. The summed E-state index contributed by atoms with van der Waals surface area (Å²) in [5, 5.41) is 5.77. The number of hydrogen-bond donors (Lipinski definition) is 2. The second-order valence-corrected chi connectivity index (χ2v) is 7.08. The van der Waals surface area contributed by atoms with Crippen molar-refractivity contribution < 1.29 is 13.2 Å². The summed E-state index contributed by atoms with van der Waals surface area (Å²) in [4.78, 5) is 16.3. The summed E-state index contributed by atoms with van der Waals surface area (Å²) in [7, 11) is -1.49. The molecule has 0 saturated heterocycles. The van der Waals surface area contributed by atoms with Crippen molar-refractivity contribution in [3.63, 3.8) is 0 Å². The maximum absolute atomic E-state index is 12.4. The number of carbonyl (C=O) groups excluding carboxylic acids is 1. The zero-order chi connectivity index (χ0) is 16.9. The molecule has 0 aliphatic rings. The largest absolute Gasteiger partial charge is 0.321 e. The fraction of sp³-hybridized carbons (Fsp3) is 0.250. The standard InChI is InChI=1S/C16H19N3O3S/c1-17-10-9-12-5-3-4-6-14(12)16(20)19-13-7-8-15(18-11-13)23(2,21)22/h3-8,11,17H,9-10H2,1-2H3,(H,19,20). The quantitative estimate of drug-likeness (QED) is 0.836. The Morgan fingerprint density at radius 2 is 1.91 bits per heavy atom. The van der Waals surface area contributed by atoms with Gasteiger partial charge in [-0.15, -0.1) is 0 Å². The summed E-state index contributed by atoms with van der Waals surface area (Å²) in [6.07, 6.45) is 3.17. The molecular weight excluding hydrogens is 314 g/mol. The van der Waals surface area contributed by atoms with Gasteiger partial charge in [-0.25, -0.2) is 13.4 Å². The van der Waals surface area contributed by atoms with Crippen molar-refractivity contribution in [2.24, 2.45) is 0 Å². The molecular formula is C16H19N3O3S. The molecule has 0 aliphatic heterocycles. The first-order chi connectivity index (χ1) is 10.9. The zero-order valence-electron chi connectivity index (χ0n) is 13.0. The van der Waals surface area contributed by atoms with Crippen LogP contribution in [0.1, 0.15) is 15.9 Å². The first-order valence-corrected chi connectivity index (χ1v) is 9.01. The number of amides is 1. The Hall–Kier alpha value is -2.25. The van der Waals surface area contributed by atoms with E-state index in [-0.39, 0.29) is 10.9 Å². The predicted octanol–water partition coefficient (Wildman–Crippen LogP) is 1.50. The van der Waals surface area contributed by atoms with Crippen molar-refractivity contribution in [2.45, 2.75) is 11.4 Å². The molecule has 23 heavy (non-hydrogen) atoms. The van der Waals surface area contributed by atoms with E-state index in [2.05, 4.69) is 15.6 Å². The normalized spacial score (nSPS) is 11.2. The van der Waals surface area contributed by atoms with E-state index in [1.165, 1.54) is 18.3 Å². The van der Waals surface area contributed by atoms with Crippen LogP contribution in [-0.2, 0) is 16.3 Å². The highest BCUT2D eigenvalue weighted by Gasteiger charge is 2.12. The van der Waals surface area contributed by atoms with Crippen LogP contribution in [0.3, 0.4) is 0 Å². The lowest BCUT2D eigenvalue weighted by Crippen LogP contribution is -2.17. The van der Waals surface area contributed by atoms with Crippen LogP contribution in [0.2, 0.25) is 0 Å². The number of nitrogens with zero attached hydrogens (tertiary/aromatic N) is 1. The first-order valence-electron chi connectivity index (χ1n) is 7.12. The van der Waals surface area contributed by atoms with Crippen LogP contribution in [0.5, 0.6) is 0 Å². The number of hydrogen-bond acceptors (Lipinski definition) is 5. The fourth-order valence-corrected chi connectivity index (χ4v) is 2.65. The second kappa shape index (κ2) is 7.34. The highest BCUT2D eigenvalue weighted by atomic mass is 32.2. The molecule has 2 aromatic rings. The molecule has 2 rings (SSSR count). The average molecular weight is 333 g/mol. The Balaban J connectivity index is 2.16. The van der Waals surface area contributed by atoms with Crippen molar-refractivity contribution >= 4 is 21.4 Å². The lowest BCUT2D eigenvalue weighted by Gasteiger charge is -2.10. The van der Waals surface area contributed by atoms with Crippen molar-refractivity contribution in [3.8, 4) is 0 Å². The van der Waals surface area contributed by atoms with Crippen LogP contribution in [0.25, 0.3) is 0 Å². The molecule has 0 atom stereocenters. The van der Waals surface area contributed by atoms with E-state index in [9.17, 15) is 13.2 Å². The third-order valence-corrected chi connectivity index (χ3v) is 4.28. The van der Waals surface area contributed by atoms with E-state index >= 15 is 0 Å². The molecule has 7 heteroatoms. The summed E-state index contributed by atoms with van der Waals surface area (Å²) in [6, 6.07) is 10.3. The average Bonchev–Trinajstić information content (AvgIpc) is 2.53. The minimum atomic E-state index is -3.35. The van der Waals surface area contributed by atoms with Gasteiger partial charge in [-0.05, 0) is 43.8 Å². The molecule has 1 aromatic heterocycles. The van der Waals surface area contributed by atoms with Gasteiger partial charge in [-0.3, -0.25) is 4.79 Å². The van der Waals surface area contributed by atoms with Crippen LogP contribution in [0, 0.1) is 0 Å². The van der Waals surface area contributed by atoms with Gasteiger partial charge < -0.3 is 10.6 Å². The van der Waals surface area contributed by atoms with Crippen molar-refractivity contribution in [3.05, 3.63) is 53.7 Å². The number of anilines is 1. The Labute approximate surface area is 135 Å². The van der Waals surface area contributed by atoms with Crippen molar-refractivity contribution in [1.82, 2.24) is 10.3 Å². The van der Waals surface area contributed by atoms with Crippen LogP contribution in [0.4, 0.5) is 5.69 Å². The number of aromatic nitrogens is 1. The van der Waals surface area contributed by atoms with Crippen LogP contribution in [0.15, 0.2) is 47.6 Å². The van der Waals surface area contributed by atoms with Gasteiger partial charge in [0, 0.05) is 11.8 Å². The summed E-state index contributed by atoms with van der Waals surface area (Å²) in [5.74, 6) is -0.245. The zero-order valence-corrected chi connectivity index (χ0v) is 13.9. The molecule has 0 saturated carbocycles. The van der Waals surface area contributed by atoms with Crippen LogP contribution in [-0.4, -0.2) is 39.2 Å². The van der Waals surface area contributed by atoms with Gasteiger partial charge in [-0.2, -0.15) is 0 Å². The molecule has 2 N–H and O–H groups in total. The Morgan fingerprint density at radius 3 is 2.52 bits per heavy atom. The number of likely N-dealkylation sites (N-methyl/N-ethyl adjacent to an activating group) is 1. The van der Waals surface area contributed by atoms with E-state index in [0.29, 0.717) is 11.3 Å². The Morgan fingerprint density at radius 1 is 1.17 bits per heavy atom. The maximum atomic E-state index is 12.4. The lowest BCUT2D eigenvalue weighted by molar-refractivity contribution is 0.102. The number of pyridine rings is 1. The molecule has 0 fully saturated rings. The third-order valence-electron chi connectivity index (χ3n) is 3.28. The minimum Gasteiger partial charge on any atom is -0.321 e. The van der Waals surface area contributed by atoms with E-state index in [4.69, 9.17) is 0 Å². The van der Waals surface area contributed by atoms with Gasteiger partial charge in [0.15, 0.2) is 14.9 Å². The molecule has 0 spiro atoms. The summed E-state index contributed by atoms with van der Waals surface area (Å²) in [5.41, 5.74) is 1.99. The molecule has 1 aromatic carbocycles. The topological polar surface area (TPSA) is 88.2 Å². The van der Waals surface area contributed by atoms with Crippen LogP contribution < -0.4 is 10.6 Å². The number of nitrogens with one attached hydrogen (secondary N) is 2. The molecule has 1 heterocycles. The van der Waals surface area contributed by atoms with E-state index in [0.717, 1.165) is 24.8 Å². The molecule has 0 radical (unpaired) electrons. The molecule has 6 nitrogen and oxygen atoms in total. The highest BCUT2D eigenvalue weighted by Crippen LogP contribution is 2.14. The molecule has 0 unspecified atom stereocenters. The maximum Gasteiger partial charge on any atom is 0.255 e. The minimum absolute atomic E-state index is 0.0232. The SMILES string of the molecule is CNCCc1ccccc1C(=O)Nc1ccc(S(C)(=O)=O)nc1. The number of sulfone groups is 1. The van der Waals surface area contributed by atoms with Gasteiger partial charge in [0.2, 0.25) is 0 Å². The number of benzene rings is 1. The number of carbonyl (C=O) groups is 1. The van der Waals surface area contributed by atoms with Crippen molar-refractivity contribution in [1.29, 1.82) is 0 Å². The Bertz CT molecular complexity index is 786. The van der Waals surface area contributed by atoms with E-state index < -0.39 is 9.84 Å². The van der Waals surface area contributed by atoms with Gasteiger partial charge in [0.05, 0.1) is 11.9 Å². The first kappa shape index (κ1) is 17.1. The highest BCUT2D eigenvalue weighted by molar-refractivity contribution is 7.90. The molecule has 0 aliphatic carbocycles. The number of rotatable bonds is 6. The summed E-state index contributed by atoms with van der Waals surface area (Å²) >= 11 is 0. The summed E-state index contributed by atoms with van der Waals surface area (Å²) < 4.78 is 22.8. The van der Waals surface area contributed by atoms with Gasteiger partial charge in [0.1, 0.15) is 0 Å². The third kappa shape index (κ3) is 4.61. The van der Waals surface area contributed by atoms with E-state index in [1.54, 1.807) is 6.07 Å². The van der Waals surface area contributed by atoms with Crippen molar-refractivity contribution in [2.75, 3.05) is 25.2 Å². The van der Waals surface area contributed by atoms with Gasteiger partial charge in [-0.1, -0.05) is 18.2 Å². The second-order valence-electron chi connectivity index (χ2n) is 5.12. The predicted molar refractivity (Wildman–Crippen MR) is 89.4 cm³/mol. The molecule has 1 amide bonds. The fourth-order valence-electron chi connectivity index (χ4n) is 2.09. The molecule has 122 valence electrons. The summed E-state index contributed by atoms with van der Waals surface area (Å²) in [6.45, 7) is 0.773. The van der Waals surface area contributed by atoms with Gasteiger partial charge in [0.25, 0.3) is 5.91 Å².